The van der Waals surface area contributed by atoms with E-state index in [0.717, 1.165) is 30.4 Å². The van der Waals surface area contributed by atoms with Gasteiger partial charge < -0.3 is 14.6 Å². The first-order chi connectivity index (χ1) is 9.08. The molecule has 0 saturated carbocycles. The molecule has 0 bridgehead atoms. The average Bonchev–Trinajstić information content (AvgIpc) is 3.04. The molecule has 6 heteroatoms. The highest BCUT2D eigenvalue weighted by atomic mass is 32.2. The quantitative estimate of drug-likeness (QED) is 0.864. The lowest BCUT2D eigenvalue weighted by Gasteiger charge is -2.18. The lowest BCUT2D eigenvalue weighted by Crippen LogP contribution is -2.34. The summed E-state index contributed by atoms with van der Waals surface area (Å²) in [5.41, 5.74) is -0.500. The monoisotopic (exact) mass is 285 g/mol. The summed E-state index contributed by atoms with van der Waals surface area (Å²) in [6, 6.07) is 0.434. The van der Waals surface area contributed by atoms with Gasteiger partial charge in [0.15, 0.2) is 0 Å². The number of thioether (sulfide) groups is 1. The predicted molar refractivity (Wildman–Crippen MR) is 76.5 cm³/mol. The Morgan fingerprint density at radius 2 is 2.26 bits per heavy atom. The Morgan fingerprint density at radius 3 is 2.95 bits per heavy atom. The third kappa shape index (κ3) is 3.30. The van der Waals surface area contributed by atoms with Crippen LogP contribution in [0.5, 0.6) is 0 Å². The van der Waals surface area contributed by atoms with Crippen LogP contribution in [-0.2, 0) is 10.3 Å². The second kappa shape index (κ2) is 6.24. The SMILES string of the molecule is CCCNC1CSCC1c1nc(C(C)(C)OC)no1. The van der Waals surface area contributed by atoms with Crippen LogP contribution in [0.4, 0.5) is 0 Å². The van der Waals surface area contributed by atoms with E-state index in [2.05, 4.69) is 22.4 Å². The molecule has 108 valence electrons. The molecule has 1 saturated heterocycles. The minimum absolute atomic E-state index is 0.311. The first kappa shape index (κ1) is 14.8. The maximum absolute atomic E-state index is 5.45. The third-order valence-electron chi connectivity index (χ3n) is 3.54. The zero-order valence-corrected chi connectivity index (χ0v) is 12.9. The van der Waals surface area contributed by atoms with Crippen molar-refractivity contribution in [1.82, 2.24) is 15.5 Å². The lowest BCUT2D eigenvalue weighted by molar-refractivity contribution is 0.00973. The molecule has 5 nitrogen and oxygen atoms in total. The molecular formula is C13H23N3O2S. The van der Waals surface area contributed by atoms with Crippen LogP contribution in [0.25, 0.3) is 0 Å². The number of aromatic nitrogens is 2. The van der Waals surface area contributed by atoms with Gasteiger partial charge in [-0.1, -0.05) is 12.1 Å². The number of hydrogen-bond acceptors (Lipinski definition) is 6. The van der Waals surface area contributed by atoms with Crippen LogP contribution < -0.4 is 5.32 Å². The Bertz CT molecular complexity index is 408. The molecule has 2 atom stereocenters. The van der Waals surface area contributed by atoms with Gasteiger partial charge in [-0.3, -0.25) is 0 Å². The number of methoxy groups -OCH3 is 1. The van der Waals surface area contributed by atoms with E-state index in [9.17, 15) is 0 Å². The summed E-state index contributed by atoms with van der Waals surface area (Å²) < 4.78 is 10.8. The van der Waals surface area contributed by atoms with E-state index in [-0.39, 0.29) is 0 Å². The summed E-state index contributed by atoms with van der Waals surface area (Å²) >= 11 is 1.94. The fraction of sp³-hybridized carbons (Fsp3) is 0.846. The van der Waals surface area contributed by atoms with Gasteiger partial charge in [-0.15, -0.1) is 0 Å². The maximum Gasteiger partial charge on any atom is 0.232 e. The largest absolute Gasteiger partial charge is 0.371 e. The summed E-state index contributed by atoms with van der Waals surface area (Å²) in [5.74, 6) is 3.81. The second-order valence-corrected chi connectivity index (χ2v) is 6.45. The Morgan fingerprint density at radius 1 is 1.47 bits per heavy atom. The molecule has 0 aliphatic carbocycles. The van der Waals surface area contributed by atoms with Gasteiger partial charge in [-0.25, -0.2) is 0 Å². The Labute approximate surface area is 118 Å². The van der Waals surface area contributed by atoms with Crippen molar-refractivity contribution in [3.05, 3.63) is 11.7 Å². The summed E-state index contributed by atoms with van der Waals surface area (Å²) in [6.07, 6.45) is 1.14. The summed E-state index contributed by atoms with van der Waals surface area (Å²) in [5, 5.41) is 7.63. The topological polar surface area (TPSA) is 60.2 Å². The fourth-order valence-electron chi connectivity index (χ4n) is 2.05. The number of rotatable bonds is 6. The van der Waals surface area contributed by atoms with Crippen molar-refractivity contribution in [2.24, 2.45) is 0 Å². The number of nitrogens with one attached hydrogen (secondary N) is 1. The van der Waals surface area contributed by atoms with Crippen molar-refractivity contribution < 1.29 is 9.26 Å². The van der Waals surface area contributed by atoms with Crippen molar-refractivity contribution in [2.75, 3.05) is 25.2 Å². The highest BCUT2D eigenvalue weighted by Gasteiger charge is 2.35. The Kier molecular flexibility index (Phi) is 4.86. The molecule has 1 N–H and O–H groups in total. The molecule has 1 aliphatic rings. The molecule has 1 aliphatic heterocycles. The zero-order chi connectivity index (χ0) is 13.9. The zero-order valence-electron chi connectivity index (χ0n) is 12.1. The van der Waals surface area contributed by atoms with E-state index in [0.29, 0.717) is 17.8 Å². The van der Waals surface area contributed by atoms with Gasteiger partial charge in [0.25, 0.3) is 0 Å². The van der Waals surface area contributed by atoms with E-state index in [1.54, 1.807) is 7.11 Å². The van der Waals surface area contributed by atoms with Gasteiger partial charge in [0.1, 0.15) is 5.60 Å². The van der Waals surface area contributed by atoms with Gasteiger partial charge in [0.2, 0.25) is 11.7 Å². The summed E-state index contributed by atoms with van der Waals surface area (Å²) in [6.45, 7) is 7.10. The van der Waals surface area contributed by atoms with Crippen molar-refractivity contribution in [2.45, 2.75) is 44.8 Å². The summed E-state index contributed by atoms with van der Waals surface area (Å²) in [7, 11) is 1.66. The Hall–Kier alpha value is -0.590. The molecule has 19 heavy (non-hydrogen) atoms. The lowest BCUT2D eigenvalue weighted by atomic mass is 10.0. The van der Waals surface area contributed by atoms with Crippen LogP contribution in [-0.4, -0.2) is 41.3 Å². The fourth-order valence-corrected chi connectivity index (χ4v) is 3.42. The minimum atomic E-state index is -0.500. The first-order valence-corrected chi connectivity index (χ1v) is 7.94. The molecule has 1 aromatic rings. The second-order valence-electron chi connectivity index (χ2n) is 5.38. The van der Waals surface area contributed by atoms with E-state index in [1.807, 2.05) is 25.6 Å². The van der Waals surface area contributed by atoms with Crippen LogP contribution in [0.15, 0.2) is 4.52 Å². The molecule has 0 aromatic carbocycles. The highest BCUT2D eigenvalue weighted by Crippen LogP contribution is 2.33. The molecule has 1 fully saturated rings. The van der Waals surface area contributed by atoms with Gasteiger partial charge in [-0.05, 0) is 26.8 Å². The first-order valence-electron chi connectivity index (χ1n) is 6.79. The van der Waals surface area contributed by atoms with Gasteiger partial charge in [0.05, 0.1) is 5.92 Å². The summed E-state index contributed by atoms with van der Waals surface area (Å²) in [4.78, 5) is 4.54. The molecule has 0 amide bonds. The van der Waals surface area contributed by atoms with Crippen molar-refractivity contribution in [3.63, 3.8) is 0 Å². The van der Waals surface area contributed by atoms with Crippen LogP contribution in [0.2, 0.25) is 0 Å². The molecule has 2 unspecified atom stereocenters. The average molecular weight is 285 g/mol. The van der Waals surface area contributed by atoms with Gasteiger partial charge in [-0.2, -0.15) is 16.7 Å². The van der Waals surface area contributed by atoms with Crippen LogP contribution in [0.1, 0.15) is 44.8 Å². The molecule has 2 rings (SSSR count). The van der Waals surface area contributed by atoms with E-state index in [4.69, 9.17) is 9.26 Å². The van der Waals surface area contributed by atoms with E-state index in [1.165, 1.54) is 0 Å². The molecule has 0 radical (unpaired) electrons. The number of ether oxygens (including phenoxy) is 1. The standard InChI is InChI=1S/C13H23N3O2S/c1-5-6-14-10-8-19-7-9(10)11-15-12(16-18-11)13(2,3)17-4/h9-10,14H,5-8H2,1-4H3. The van der Waals surface area contributed by atoms with Crippen molar-refractivity contribution in [1.29, 1.82) is 0 Å². The molecular weight excluding hydrogens is 262 g/mol. The molecule has 1 aromatic heterocycles. The smallest absolute Gasteiger partial charge is 0.232 e. The highest BCUT2D eigenvalue weighted by molar-refractivity contribution is 7.99. The normalized spacial score (nSPS) is 24.0. The van der Waals surface area contributed by atoms with Crippen LogP contribution in [0.3, 0.4) is 0 Å². The van der Waals surface area contributed by atoms with Crippen molar-refractivity contribution in [3.8, 4) is 0 Å². The van der Waals surface area contributed by atoms with E-state index >= 15 is 0 Å². The number of nitrogens with zero attached hydrogens (tertiary/aromatic N) is 2. The predicted octanol–water partition coefficient (Wildman–Crippen LogP) is 2.15. The maximum atomic E-state index is 5.45. The minimum Gasteiger partial charge on any atom is -0.371 e. The molecule has 2 heterocycles. The third-order valence-corrected chi connectivity index (χ3v) is 4.73. The van der Waals surface area contributed by atoms with Crippen LogP contribution in [0, 0.1) is 0 Å². The van der Waals surface area contributed by atoms with Crippen LogP contribution >= 0.6 is 11.8 Å². The van der Waals surface area contributed by atoms with Crippen molar-refractivity contribution >= 4 is 11.8 Å². The molecule has 0 spiro atoms. The van der Waals surface area contributed by atoms with E-state index < -0.39 is 5.60 Å². The Balaban J connectivity index is 2.09. The van der Waals surface area contributed by atoms with Gasteiger partial charge in [0, 0.05) is 24.7 Å². The number of hydrogen-bond donors (Lipinski definition) is 1. The van der Waals surface area contributed by atoms with Gasteiger partial charge >= 0.3 is 0 Å².